The molecule has 1 aromatic heterocycles. The predicted molar refractivity (Wildman–Crippen MR) is 93.7 cm³/mol. The van der Waals surface area contributed by atoms with Crippen LogP contribution in [-0.2, 0) is 17.6 Å². The molecule has 1 aliphatic heterocycles. The molecule has 4 nitrogen and oxygen atoms in total. The van der Waals surface area contributed by atoms with Crippen molar-refractivity contribution in [2.24, 2.45) is 5.92 Å². The lowest BCUT2D eigenvalue weighted by Crippen LogP contribution is -2.38. The topological polar surface area (TPSA) is 54.0 Å². The van der Waals surface area contributed by atoms with Crippen LogP contribution in [0.25, 0.3) is 0 Å². The molecule has 0 aliphatic carbocycles. The molecule has 23 heavy (non-hydrogen) atoms. The van der Waals surface area contributed by atoms with Crippen molar-refractivity contribution in [3.05, 3.63) is 52.0 Å². The highest BCUT2D eigenvalue weighted by atomic mass is 32.1. The second-order valence-electron chi connectivity index (χ2n) is 6.09. The van der Waals surface area contributed by atoms with Gasteiger partial charge in [0.25, 0.3) is 0 Å². The molecule has 1 unspecified atom stereocenters. The van der Waals surface area contributed by atoms with Gasteiger partial charge in [0.2, 0.25) is 5.91 Å². The number of carbonyl (C=O) groups is 1. The van der Waals surface area contributed by atoms with Crippen LogP contribution in [0.1, 0.15) is 29.1 Å². The Labute approximate surface area is 141 Å². The summed E-state index contributed by atoms with van der Waals surface area (Å²) in [5.41, 5.74) is 2.13. The third-order valence-electron chi connectivity index (χ3n) is 4.13. The first-order valence-corrected chi connectivity index (χ1v) is 9.12. The molecule has 3 rings (SSSR count). The predicted octanol–water partition coefficient (Wildman–Crippen LogP) is 2.39. The van der Waals surface area contributed by atoms with E-state index in [9.17, 15) is 4.79 Å². The van der Waals surface area contributed by atoms with Gasteiger partial charge in [-0.15, -0.1) is 11.3 Å². The van der Waals surface area contributed by atoms with Crippen molar-refractivity contribution in [3.8, 4) is 0 Å². The monoisotopic (exact) mass is 329 g/mol. The standard InChI is InChI=1S/C18H23N3OS/c22-17(20-12-15-7-4-8-19-11-15)10-16-13-23-18(21-16)9-14-5-2-1-3-6-14/h1-3,5-6,13,15,19H,4,7-12H2,(H,20,22). The zero-order valence-electron chi connectivity index (χ0n) is 13.3. The van der Waals surface area contributed by atoms with E-state index in [-0.39, 0.29) is 5.91 Å². The van der Waals surface area contributed by atoms with Crippen molar-refractivity contribution in [2.45, 2.75) is 25.7 Å². The van der Waals surface area contributed by atoms with Gasteiger partial charge >= 0.3 is 0 Å². The number of piperidine rings is 1. The molecule has 2 heterocycles. The Bertz CT molecular complexity index is 620. The Hall–Kier alpha value is -1.72. The zero-order valence-corrected chi connectivity index (χ0v) is 14.1. The number of amides is 1. The highest BCUT2D eigenvalue weighted by Crippen LogP contribution is 2.15. The van der Waals surface area contributed by atoms with Crippen LogP contribution in [0, 0.1) is 5.92 Å². The average Bonchev–Trinajstić information content (AvgIpc) is 3.02. The number of carbonyl (C=O) groups excluding carboxylic acids is 1. The van der Waals surface area contributed by atoms with Gasteiger partial charge in [0.15, 0.2) is 0 Å². The van der Waals surface area contributed by atoms with Crippen LogP contribution in [0.5, 0.6) is 0 Å². The molecule has 1 amide bonds. The SMILES string of the molecule is O=C(Cc1csc(Cc2ccccc2)n1)NCC1CCCNC1. The van der Waals surface area contributed by atoms with Crippen molar-refractivity contribution in [1.29, 1.82) is 0 Å². The molecule has 1 aromatic carbocycles. The van der Waals surface area contributed by atoms with Gasteiger partial charge < -0.3 is 10.6 Å². The van der Waals surface area contributed by atoms with E-state index >= 15 is 0 Å². The Morgan fingerprint density at radius 2 is 2.22 bits per heavy atom. The maximum Gasteiger partial charge on any atom is 0.226 e. The average molecular weight is 329 g/mol. The van der Waals surface area contributed by atoms with Crippen molar-refractivity contribution in [2.75, 3.05) is 19.6 Å². The van der Waals surface area contributed by atoms with Gasteiger partial charge in [-0.1, -0.05) is 30.3 Å². The van der Waals surface area contributed by atoms with E-state index in [1.165, 1.54) is 18.4 Å². The maximum atomic E-state index is 12.1. The minimum atomic E-state index is 0.0761. The molecule has 122 valence electrons. The molecule has 2 aromatic rings. The number of benzene rings is 1. The molecular weight excluding hydrogens is 306 g/mol. The van der Waals surface area contributed by atoms with Gasteiger partial charge in [-0.25, -0.2) is 4.98 Å². The fourth-order valence-electron chi connectivity index (χ4n) is 2.87. The van der Waals surface area contributed by atoms with E-state index in [0.29, 0.717) is 12.3 Å². The van der Waals surface area contributed by atoms with E-state index in [1.807, 2.05) is 23.6 Å². The molecule has 0 radical (unpaired) electrons. The molecule has 0 bridgehead atoms. The Morgan fingerprint density at radius 1 is 1.35 bits per heavy atom. The Balaban J connectivity index is 1.45. The summed E-state index contributed by atoms with van der Waals surface area (Å²) in [5.74, 6) is 0.643. The second kappa shape index (κ2) is 8.22. The molecule has 0 saturated carbocycles. The molecule has 5 heteroatoms. The summed E-state index contributed by atoms with van der Waals surface area (Å²) in [7, 11) is 0. The molecule has 1 atom stereocenters. The van der Waals surface area contributed by atoms with E-state index in [4.69, 9.17) is 0 Å². The van der Waals surface area contributed by atoms with Crippen molar-refractivity contribution in [1.82, 2.24) is 15.6 Å². The smallest absolute Gasteiger partial charge is 0.226 e. The van der Waals surface area contributed by atoms with Crippen molar-refractivity contribution < 1.29 is 4.79 Å². The lowest BCUT2D eigenvalue weighted by molar-refractivity contribution is -0.120. The maximum absolute atomic E-state index is 12.1. The third-order valence-corrected chi connectivity index (χ3v) is 5.02. The van der Waals surface area contributed by atoms with Crippen LogP contribution in [0.2, 0.25) is 0 Å². The number of rotatable bonds is 6. The van der Waals surface area contributed by atoms with Gasteiger partial charge in [-0.2, -0.15) is 0 Å². The first kappa shape index (κ1) is 16.1. The van der Waals surface area contributed by atoms with Crippen LogP contribution in [0.3, 0.4) is 0 Å². The summed E-state index contributed by atoms with van der Waals surface area (Å²) in [6.07, 6.45) is 3.62. The number of nitrogens with one attached hydrogen (secondary N) is 2. The molecular formula is C18H23N3OS. The van der Waals surface area contributed by atoms with Gasteiger partial charge in [-0.05, 0) is 37.4 Å². The largest absolute Gasteiger partial charge is 0.355 e. The lowest BCUT2D eigenvalue weighted by atomic mass is 10.00. The summed E-state index contributed by atoms with van der Waals surface area (Å²) in [4.78, 5) is 16.6. The van der Waals surface area contributed by atoms with Gasteiger partial charge in [0.1, 0.15) is 0 Å². The number of thiazole rings is 1. The minimum Gasteiger partial charge on any atom is -0.355 e. The van der Waals surface area contributed by atoms with Crippen LogP contribution >= 0.6 is 11.3 Å². The van der Waals surface area contributed by atoms with E-state index in [0.717, 1.165) is 36.8 Å². The fraction of sp³-hybridized carbons (Fsp3) is 0.444. The number of nitrogens with zero attached hydrogens (tertiary/aromatic N) is 1. The first-order chi connectivity index (χ1) is 11.3. The minimum absolute atomic E-state index is 0.0761. The van der Waals surface area contributed by atoms with Crippen LogP contribution in [-0.4, -0.2) is 30.5 Å². The number of hydrogen-bond donors (Lipinski definition) is 2. The summed E-state index contributed by atoms with van der Waals surface area (Å²) < 4.78 is 0. The summed E-state index contributed by atoms with van der Waals surface area (Å²) in [6, 6.07) is 10.3. The summed E-state index contributed by atoms with van der Waals surface area (Å²) in [6.45, 7) is 2.89. The molecule has 2 N–H and O–H groups in total. The van der Waals surface area contributed by atoms with Gasteiger partial charge in [0.05, 0.1) is 17.1 Å². The lowest BCUT2D eigenvalue weighted by Gasteiger charge is -2.22. The third kappa shape index (κ3) is 5.15. The molecule has 0 spiro atoms. The van der Waals surface area contributed by atoms with E-state index < -0.39 is 0 Å². The van der Waals surface area contributed by atoms with Gasteiger partial charge in [0, 0.05) is 18.3 Å². The Morgan fingerprint density at radius 3 is 3.00 bits per heavy atom. The summed E-state index contributed by atoms with van der Waals surface area (Å²) >= 11 is 1.63. The quantitative estimate of drug-likeness (QED) is 0.856. The highest BCUT2D eigenvalue weighted by Gasteiger charge is 2.14. The Kier molecular flexibility index (Phi) is 5.77. The number of hydrogen-bond acceptors (Lipinski definition) is 4. The van der Waals surface area contributed by atoms with Crippen LogP contribution in [0.15, 0.2) is 35.7 Å². The molecule has 1 fully saturated rings. The van der Waals surface area contributed by atoms with Gasteiger partial charge in [-0.3, -0.25) is 4.79 Å². The van der Waals surface area contributed by atoms with Crippen molar-refractivity contribution >= 4 is 17.2 Å². The molecule has 1 saturated heterocycles. The number of aromatic nitrogens is 1. The highest BCUT2D eigenvalue weighted by molar-refractivity contribution is 7.09. The zero-order chi connectivity index (χ0) is 15.9. The molecule has 1 aliphatic rings. The fourth-order valence-corrected chi connectivity index (χ4v) is 3.69. The normalized spacial score (nSPS) is 17.8. The summed E-state index contributed by atoms with van der Waals surface area (Å²) in [5, 5.41) is 9.48. The van der Waals surface area contributed by atoms with E-state index in [1.54, 1.807) is 11.3 Å². The first-order valence-electron chi connectivity index (χ1n) is 8.24. The van der Waals surface area contributed by atoms with Crippen molar-refractivity contribution in [3.63, 3.8) is 0 Å². The van der Waals surface area contributed by atoms with E-state index in [2.05, 4.69) is 27.8 Å². The van der Waals surface area contributed by atoms with Crippen LogP contribution < -0.4 is 10.6 Å². The van der Waals surface area contributed by atoms with Crippen LogP contribution in [0.4, 0.5) is 0 Å². The second-order valence-corrected chi connectivity index (χ2v) is 7.03.